The lowest BCUT2D eigenvalue weighted by molar-refractivity contribution is 1.48. The van der Waals surface area contributed by atoms with E-state index in [1.165, 1.54) is 0 Å². The zero-order chi connectivity index (χ0) is 8.97. The number of rotatable bonds is 1. The highest BCUT2D eigenvalue weighted by atomic mass is 35.5. The quantitative estimate of drug-likeness (QED) is 0.647. The summed E-state index contributed by atoms with van der Waals surface area (Å²) in [5.41, 5.74) is 1.59. The molecule has 0 amide bonds. The molecule has 0 atom stereocenters. The second kappa shape index (κ2) is 3.94. The molecule has 0 aliphatic heterocycles. The number of halogens is 1. The zero-order valence-corrected chi connectivity index (χ0v) is 7.47. The highest BCUT2D eigenvalue weighted by Crippen LogP contribution is 2.18. The first-order valence-electron chi connectivity index (χ1n) is 3.60. The van der Waals surface area contributed by atoms with E-state index >= 15 is 0 Å². The van der Waals surface area contributed by atoms with Crippen LogP contribution >= 0.6 is 11.6 Å². The van der Waals surface area contributed by atoms with Crippen molar-refractivity contribution in [2.24, 2.45) is 0 Å². The molecule has 0 spiro atoms. The molecule has 2 heteroatoms. The molecule has 1 aromatic carbocycles. The molecule has 0 aliphatic carbocycles. The van der Waals surface area contributed by atoms with Gasteiger partial charge in [0.05, 0.1) is 11.6 Å². The van der Waals surface area contributed by atoms with Gasteiger partial charge in [-0.2, -0.15) is 5.26 Å². The Morgan fingerprint density at radius 1 is 1.42 bits per heavy atom. The van der Waals surface area contributed by atoms with Crippen LogP contribution < -0.4 is 0 Å². The monoisotopic (exact) mass is 177 g/mol. The van der Waals surface area contributed by atoms with Crippen molar-refractivity contribution < 1.29 is 0 Å². The van der Waals surface area contributed by atoms with Crippen LogP contribution in [-0.4, -0.2) is 0 Å². The maximum absolute atomic E-state index is 8.53. The Labute approximate surface area is 76.9 Å². The van der Waals surface area contributed by atoms with Gasteiger partial charge in [-0.25, -0.2) is 0 Å². The molecule has 1 nitrogen and oxygen atoms in total. The van der Waals surface area contributed by atoms with Gasteiger partial charge in [-0.1, -0.05) is 29.8 Å². The van der Waals surface area contributed by atoms with E-state index in [-0.39, 0.29) is 0 Å². The van der Waals surface area contributed by atoms with E-state index in [4.69, 9.17) is 16.9 Å². The van der Waals surface area contributed by atoms with Crippen LogP contribution in [0.2, 0.25) is 0 Å². The maximum Gasteiger partial charge on any atom is 0.0991 e. The molecule has 0 radical (unpaired) electrons. The van der Waals surface area contributed by atoms with Gasteiger partial charge in [0, 0.05) is 5.03 Å². The van der Waals surface area contributed by atoms with Crippen LogP contribution in [0.15, 0.2) is 30.3 Å². The summed E-state index contributed by atoms with van der Waals surface area (Å²) in [7, 11) is 0. The molecular weight excluding hydrogens is 170 g/mol. The summed E-state index contributed by atoms with van der Waals surface area (Å²) in [6.07, 6.45) is 1.82. The molecular formula is C10H8ClN. The molecule has 1 rings (SSSR count). The summed E-state index contributed by atoms with van der Waals surface area (Å²) in [6, 6.07) is 9.22. The molecule has 0 saturated carbocycles. The van der Waals surface area contributed by atoms with E-state index in [0.717, 1.165) is 5.56 Å². The van der Waals surface area contributed by atoms with Gasteiger partial charge in [-0.3, -0.25) is 0 Å². The third kappa shape index (κ3) is 1.87. The van der Waals surface area contributed by atoms with Crippen LogP contribution in [0.25, 0.3) is 5.03 Å². The first-order chi connectivity index (χ1) is 5.77. The molecule has 0 aliphatic rings. The number of benzene rings is 1. The van der Waals surface area contributed by atoms with Crippen molar-refractivity contribution in [3.05, 3.63) is 41.5 Å². The average molecular weight is 178 g/mol. The highest BCUT2D eigenvalue weighted by Gasteiger charge is 1.95. The van der Waals surface area contributed by atoms with E-state index < -0.39 is 0 Å². The lowest BCUT2D eigenvalue weighted by atomic mass is 10.1. The van der Waals surface area contributed by atoms with Crippen LogP contribution in [0, 0.1) is 11.3 Å². The number of nitrogens with zero attached hydrogens (tertiary/aromatic N) is 1. The van der Waals surface area contributed by atoms with Gasteiger partial charge in [-0.05, 0) is 24.6 Å². The Kier molecular flexibility index (Phi) is 2.90. The van der Waals surface area contributed by atoms with Crippen molar-refractivity contribution in [2.45, 2.75) is 6.92 Å². The topological polar surface area (TPSA) is 23.8 Å². The minimum atomic E-state index is 0.652. The molecule has 12 heavy (non-hydrogen) atoms. The molecule has 0 N–H and O–H groups in total. The summed E-state index contributed by atoms with van der Waals surface area (Å²) >= 11 is 5.86. The molecule has 0 saturated heterocycles. The Hall–Kier alpha value is -1.26. The summed E-state index contributed by atoms with van der Waals surface area (Å²) in [4.78, 5) is 0. The fraction of sp³-hybridized carbons (Fsp3) is 0.100. The van der Waals surface area contributed by atoms with Crippen molar-refractivity contribution in [1.29, 1.82) is 5.26 Å². The average Bonchev–Trinajstić information content (AvgIpc) is 2.17. The van der Waals surface area contributed by atoms with Gasteiger partial charge in [0.1, 0.15) is 0 Å². The van der Waals surface area contributed by atoms with Gasteiger partial charge in [0.2, 0.25) is 0 Å². The summed E-state index contributed by atoms with van der Waals surface area (Å²) in [5, 5.41) is 9.23. The molecule has 0 fully saturated rings. The smallest absolute Gasteiger partial charge is 0.0991 e. The molecule has 0 unspecified atom stereocenters. The minimum absolute atomic E-state index is 0.652. The van der Waals surface area contributed by atoms with E-state index in [2.05, 4.69) is 0 Å². The Balaban J connectivity index is 3.02. The van der Waals surface area contributed by atoms with Crippen molar-refractivity contribution in [3.8, 4) is 6.07 Å². The van der Waals surface area contributed by atoms with Crippen LogP contribution in [0.1, 0.15) is 18.1 Å². The van der Waals surface area contributed by atoms with Gasteiger partial charge < -0.3 is 0 Å². The third-order valence-corrected chi connectivity index (χ3v) is 1.98. The first kappa shape index (κ1) is 8.83. The second-order valence-corrected chi connectivity index (χ2v) is 2.73. The fourth-order valence-electron chi connectivity index (χ4n) is 0.871. The summed E-state index contributed by atoms with van der Waals surface area (Å²) < 4.78 is 0. The van der Waals surface area contributed by atoms with E-state index in [9.17, 15) is 0 Å². The number of nitriles is 1. The molecule has 0 aromatic heterocycles. The fourth-order valence-corrected chi connectivity index (χ4v) is 0.997. The van der Waals surface area contributed by atoms with E-state index in [1.54, 1.807) is 12.1 Å². The number of hydrogen-bond donors (Lipinski definition) is 0. The normalized spacial score (nSPS) is 10.9. The van der Waals surface area contributed by atoms with Crippen LogP contribution in [0.4, 0.5) is 0 Å². The highest BCUT2D eigenvalue weighted by molar-refractivity contribution is 6.48. The van der Waals surface area contributed by atoms with Crippen LogP contribution in [0.5, 0.6) is 0 Å². The lowest BCUT2D eigenvalue weighted by Crippen LogP contribution is -1.77. The minimum Gasteiger partial charge on any atom is -0.192 e. The van der Waals surface area contributed by atoms with Gasteiger partial charge in [0.15, 0.2) is 0 Å². The predicted molar refractivity (Wildman–Crippen MR) is 50.7 cm³/mol. The van der Waals surface area contributed by atoms with Gasteiger partial charge in [-0.15, -0.1) is 0 Å². The summed E-state index contributed by atoms with van der Waals surface area (Å²) in [5.74, 6) is 0. The molecule has 1 aromatic rings. The number of allylic oxidation sites excluding steroid dienone is 1. The Morgan fingerprint density at radius 3 is 2.42 bits per heavy atom. The lowest BCUT2D eigenvalue weighted by Gasteiger charge is -1.96. The summed E-state index contributed by atoms with van der Waals surface area (Å²) in [6.45, 7) is 1.88. The Bertz CT molecular complexity index is 330. The van der Waals surface area contributed by atoms with Crippen LogP contribution in [-0.2, 0) is 0 Å². The van der Waals surface area contributed by atoms with E-state index in [0.29, 0.717) is 10.6 Å². The van der Waals surface area contributed by atoms with Crippen molar-refractivity contribution in [3.63, 3.8) is 0 Å². The second-order valence-electron chi connectivity index (χ2n) is 2.33. The SMILES string of the molecule is C/C=C(\Cl)c1ccc(C#N)cc1. The molecule has 0 heterocycles. The van der Waals surface area contributed by atoms with Crippen molar-refractivity contribution >= 4 is 16.6 Å². The Morgan fingerprint density at radius 2 is 2.00 bits per heavy atom. The molecule has 0 bridgehead atoms. The predicted octanol–water partition coefficient (Wildman–Crippen LogP) is 3.16. The van der Waals surface area contributed by atoms with Crippen molar-refractivity contribution in [1.82, 2.24) is 0 Å². The maximum atomic E-state index is 8.53. The largest absolute Gasteiger partial charge is 0.192 e. The van der Waals surface area contributed by atoms with Crippen LogP contribution in [0.3, 0.4) is 0 Å². The third-order valence-electron chi connectivity index (χ3n) is 1.54. The molecule has 60 valence electrons. The van der Waals surface area contributed by atoms with Gasteiger partial charge in [0.25, 0.3) is 0 Å². The van der Waals surface area contributed by atoms with Gasteiger partial charge >= 0.3 is 0 Å². The first-order valence-corrected chi connectivity index (χ1v) is 3.98. The van der Waals surface area contributed by atoms with E-state index in [1.807, 2.05) is 31.2 Å². The number of hydrogen-bond acceptors (Lipinski definition) is 1. The standard InChI is InChI=1S/C10H8ClN/c1-2-10(11)9-5-3-8(7-12)4-6-9/h2-6H,1H3/b10-2-. The van der Waals surface area contributed by atoms with Crippen molar-refractivity contribution in [2.75, 3.05) is 0 Å². The zero-order valence-electron chi connectivity index (χ0n) is 6.71.